The van der Waals surface area contributed by atoms with Crippen LogP contribution in [0.5, 0.6) is 0 Å². The van der Waals surface area contributed by atoms with Crippen molar-refractivity contribution in [2.75, 3.05) is 6.54 Å². The zero-order valence-electron chi connectivity index (χ0n) is 11.5. The number of aromatic nitrogens is 3. The number of rotatable bonds is 7. The molecule has 19 heavy (non-hydrogen) atoms. The largest absolute Gasteiger partial charge is 0.481 e. The molecule has 6 nitrogen and oxygen atoms in total. The monoisotopic (exact) mass is 266 g/mol. The topological polar surface area (TPSA) is 94.0 Å². The lowest BCUT2D eigenvalue weighted by Crippen LogP contribution is -2.42. The van der Waals surface area contributed by atoms with Crippen molar-refractivity contribution in [2.24, 2.45) is 17.1 Å². The molecule has 1 saturated carbocycles. The van der Waals surface area contributed by atoms with Gasteiger partial charge in [0.05, 0.1) is 5.41 Å². The number of hydrogen-bond acceptors (Lipinski definition) is 4. The van der Waals surface area contributed by atoms with Gasteiger partial charge in [-0.1, -0.05) is 12.8 Å². The van der Waals surface area contributed by atoms with Gasteiger partial charge in [-0.3, -0.25) is 4.79 Å². The molecule has 0 aromatic carbocycles. The van der Waals surface area contributed by atoms with Crippen LogP contribution in [0.3, 0.4) is 0 Å². The van der Waals surface area contributed by atoms with Gasteiger partial charge in [-0.2, -0.15) is 5.10 Å². The van der Waals surface area contributed by atoms with Crippen LogP contribution in [0.15, 0.2) is 6.33 Å². The van der Waals surface area contributed by atoms with E-state index in [-0.39, 0.29) is 12.6 Å². The van der Waals surface area contributed by atoms with Gasteiger partial charge in [-0.25, -0.2) is 9.67 Å². The first-order valence-electron chi connectivity index (χ1n) is 6.80. The van der Waals surface area contributed by atoms with Crippen LogP contribution >= 0.6 is 0 Å². The third-order valence-electron chi connectivity index (χ3n) is 3.85. The van der Waals surface area contributed by atoms with E-state index in [0.29, 0.717) is 24.6 Å². The highest BCUT2D eigenvalue weighted by atomic mass is 16.4. The van der Waals surface area contributed by atoms with Gasteiger partial charge in [-0.05, 0) is 26.2 Å². The summed E-state index contributed by atoms with van der Waals surface area (Å²) < 4.78 is 1.78. The molecule has 1 aliphatic carbocycles. The van der Waals surface area contributed by atoms with E-state index in [4.69, 9.17) is 5.73 Å². The fourth-order valence-corrected chi connectivity index (χ4v) is 2.49. The Balaban J connectivity index is 2.23. The summed E-state index contributed by atoms with van der Waals surface area (Å²) in [6.07, 6.45) is 4.71. The Labute approximate surface area is 113 Å². The molecule has 1 aromatic heterocycles. The molecule has 0 amide bonds. The molecule has 0 spiro atoms. The van der Waals surface area contributed by atoms with Crippen LogP contribution in [-0.2, 0) is 11.2 Å². The summed E-state index contributed by atoms with van der Waals surface area (Å²) in [5.41, 5.74) is 4.89. The first kappa shape index (κ1) is 14.0. The molecule has 2 rings (SSSR count). The number of carboxylic acids is 1. The number of carboxylic acid groups (broad SMARTS) is 1. The van der Waals surface area contributed by atoms with Gasteiger partial charge >= 0.3 is 5.97 Å². The quantitative estimate of drug-likeness (QED) is 0.774. The van der Waals surface area contributed by atoms with Gasteiger partial charge < -0.3 is 10.8 Å². The standard InChI is InChI=1S/C13H22N4O2/c1-9(2)17-11(15-8-16-17)6-13(7-14,12(18)19)5-10-3-4-10/h8-10H,3-7,14H2,1-2H3,(H,18,19). The molecule has 0 aliphatic heterocycles. The minimum Gasteiger partial charge on any atom is -0.481 e. The highest BCUT2D eigenvalue weighted by Gasteiger charge is 2.43. The maximum Gasteiger partial charge on any atom is 0.311 e. The zero-order chi connectivity index (χ0) is 14.0. The molecule has 3 N–H and O–H groups in total. The van der Waals surface area contributed by atoms with Crippen LogP contribution in [0, 0.1) is 11.3 Å². The Hall–Kier alpha value is -1.43. The van der Waals surface area contributed by atoms with E-state index in [2.05, 4.69) is 10.1 Å². The van der Waals surface area contributed by atoms with E-state index in [9.17, 15) is 9.90 Å². The fraction of sp³-hybridized carbons (Fsp3) is 0.769. The predicted octanol–water partition coefficient (Wildman–Crippen LogP) is 1.23. The number of nitrogens with two attached hydrogens (primary N) is 1. The average molecular weight is 266 g/mol. The number of hydrogen-bond donors (Lipinski definition) is 2. The molecule has 1 atom stereocenters. The minimum absolute atomic E-state index is 0.143. The van der Waals surface area contributed by atoms with Crippen LogP contribution < -0.4 is 5.73 Å². The summed E-state index contributed by atoms with van der Waals surface area (Å²) in [5, 5.41) is 13.8. The third-order valence-corrected chi connectivity index (χ3v) is 3.85. The maximum absolute atomic E-state index is 11.7. The van der Waals surface area contributed by atoms with E-state index >= 15 is 0 Å². The molecule has 0 bridgehead atoms. The van der Waals surface area contributed by atoms with Gasteiger partial charge in [0.15, 0.2) is 0 Å². The van der Waals surface area contributed by atoms with Crippen LogP contribution in [0.25, 0.3) is 0 Å². The highest BCUT2D eigenvalue weighted by molar-refractivity contribution is 5.75. The second kappa shape index (κ2) is 5.28. The first-order valence-corrected chi connectivity index (χ1v) is 6.80. The number of aliphatic carboxylic acids is 1. The van der Waals surface area contributed by atoms with E-state index in [1.807, 2.05) is 13.8 Å². The van der Waals surface area contributed by atoms with Crippen molar-refractivity contribution in [3.63, 3.8) is 0 Å². The minimum atomic E-state index is -0.902. The molecule has 0 radical (unpaired) electrons. The molecule has 1 fully saturated rings. The Morgan fingerprint density at radius 1 is 1.63 bits per heavy atom. The average Bonchev–Trinajstić information content (AvgIpc) is 3.03. The van der Waals surface area contributed by atoms with Crippen molar-refractivity contribution < 1.29 is 9.90 Å². The molecular weight excluding hydrogens is 244 g/mol. The van der Waals surface area contributed by atoms with Crippen LogP contribution in [0.2, 0.25) is 0 Å². The van der Waals surface area contributed by atoms with E-state index in [1.165, 1.54) is 6.33 Å². The smallest absolute Gasteiger partial charge is 0.311 e. The highest BCUT2D eigenvalue weighted by Crippen LogP contribution is 2.41. The summed E-state index contributed by atoms with van der Waals surface area (Å²) in [5.74, 6) is 0.402. The molecular formula is C13H22N4O2. The van der Waals surface area contributed by atoms with Crippen molar-refractivity contribution in [3.8, 4) is 0 Å². The van der Waals surface area contributed by atoms with Crippen molar-refractivity contribution in [3.05, 3.63) is 12.2 Å². The van der Waals surface area contributed by atoms with Crippen LogP contribution in [-0.4, -0.2) is 32.4 Å². The number of carbonyl (C=O) groups is 1. The number of nitrogens with zero attached hydrogens (tertiary/aromatic N) is 3. The summed E-state index contributed by atoms with van der Waals surface area (Å²) in [7, 11) is 0. The first-order chi connectivity index (χ1) is 8.98. The second-order valence-corrected chi connectivity index (χ2v) is 5.83. The summed E-state index contributed by atoms with van der Waals surface area (Å²) in [6, 6.07) is 0.169. The van der Waals surface area contributed by atoms with Gasteiger partial charge in [0, 0.05) is 19.0 Å². The van der Waals surface area contributed by atoms with Crippen molar-refractivity contribution in [2.45, 2.75) is 45.6 Å². The molecule has 1 heterocycles. The fourth-order valence-electron chi connectivity index (χ4n) is 2.49. The van der Waals surface area contributed by atoms with Crippen LogP contribution in [0.4, 0.5) is 0 Å². The Kier molecular flexibility index (Phi) is 3.89. The summed E-state index contributed by atoms with van der Waals surface area (Å²) in [6.45, 7) is 4.15. The molecule has 1 aliphatic rings. The zero-order valence-corrected chi connectivity index (χ0v) is 11.5. The second-order valence-electron chi connectivity index (χ2n) is 5.83. The van der Waals surface area contributed by atoms with E-state index < -0.39 is 11.4 Å². The lowest BCUT2D eigenvalue weighted by molar-refractivity contribution is -0.149. The lowest BCUT2D eigenvalue weighted by atomic mass is 9.79. The third kappa shape index (κ3) is 2.94. The van der Waals surface area contributed by atoms with Gasteiger partial charge in [-0.15, -0.1) is 0 Å². The van der Waals surface area contributed by atoms with Crippen molar-refractivity contribution in [1.82, 2.24) is 14.8 Å². The molecule has 0 saturated heterocycles. The Bertz CT molecular complexity index is 453. The van der Waals surface area contributed by atoms with Crippen LogP contribution in [0.1, 0.15) is 45.0 Å². The Morgan fingerprint density at radius 3 is 2.79 bits per heavy atom. The Morgan fingerprint density at radius 2 is 2.32 bits per heavy atom. The van der Waals surface area contributed by atoms with Crippen molar-refractivity contribution in [1.29, 1.82) is 0 Å². The molecule has 106 valence electrons. The molecule has 6 heteroatoms. The normalized spacial score (nSPS) is 18.5. The van der Waals surface area contributed by atoms with E-state index in [0.717, 1.165) is 12.8 Å². The molecule has 1 unspecified atom stereocenters. The summed E-state index contributed by atoms with van der Waals surface area (Å²) in [4.78, 5) is 15.9. The SMILES string of the molecule is CC(C)n1ncnc1CC(CN)(CC1CC1)C(=O)O. The van der Waals surface area contributed by atoms with Crippen molar-refractivity contribution >= 4 is 5.97 Å². The predicted molar refractivity (Wildman–Crippen MR) is 70.6 cm³/mol. The van der Waals surface area contributed by atoms with E-state index in [1.54, 1.807) is 4.68 Å². The molecule has 1 aromatic rings. The van der Waals surface area contributed by atoms with Gasteiger partial charge in [0.1, 0.15) is 12.2 Å². The van der Waals surface area contributed by atoms with Gasteiger partial charge in [0.2, 0.25) is 0 Å². The summed E-state index contributed by atoms with van der Waals surface area (Å²) >= 11 is 0. The lowest BCUT2D eigenvalue weighted by Gasteiger charge is -2.28. The maximum atomic E-state index is 11.7. The van der Waals surface area contributed by atoms with Gasteiger partial charge in [0.25, 0.3) is 0 Å².